The van der Waals surface area contributed by atoms with Crippen LogP contribution in [0, 0.1) is 5.92 Å². The van der Waals surface area contributed by atoms with Crippen LogP contribution >= 0.6 is 0 Å². The molecule has 0 aliphatic heterocycles. The van der Waals surface area contributed by atoms with Gasteiger partial charge in [0.2, 0.25) is 0 Å². The fourth-order valence-electron chi connectivity index (χ4n) is 2.95. The molecule has 3 heterocycles. The van der Waals surface area contributed by atoms with E-state index in [4.69, 9.17) is 4.42 Å². The van der Waals surface area contributed by atoms with E-state index in [-0.39, 0.29) is 11.7 Å². The highest BCUT2D eigenvalue weighted by Crippen LogP contribution is 2.37. The molecule has 7 nitrogen and oxygen atoms in total. The second-order valence-electron chi connectivity index (χ2n) is 6.81. The molecule has 1 aromatic carbocycles. The molecule has 0 saturated heterocycles. The third-order valence-electron chi connectivity index (χ3n) is 4.49. The van der Waals surface area contributed by atoms with Crippen LogP contribution in [0.25, 0.3) is 11.1 Å². The average Bonchev–Trinajstić information content (AvgIpc) is 3.22. The van der Waals surface area contributed by atoms with Gasteiger partial charge < -0.3 is 14.3 Å². The summed E-state index contributed by atoms with van der Waals surface area (Å²) < 4.78 is 45.4. The van der Waals surface area contributed by atoms with Crippen molar-refractivity contribution < 1.29 is 27.4 Å². The zero-order valence-electron chi connectivity index (χ0n) is 16.6. The highest BCUT2D eigenvalue weighted by molar-refractivity contribution is 5.70. The topological polar surface area (TPSA) is 94.2 Å². The van der Waals surface area contributed by atoms with Gasteiger partial charge in [-0.3, -0.25) is 0 Å². The summed E-state index contributed by atoms with van der Waals surface area (Å²) in [5.41, 5.74) is 1.08. The fraction of sp³-hybridized carbons (Fsp3) is 0.238. The van der Waals surface area contributed by atoms with Crippen LogP contribution in [0.1, 0.15) is 25.0 Å². The lowest BCUT2D eigenvalue weighted by Gasteiger charge is -2.32. The van der Waals surface area contributed by atoms with Gasteiger partial charge in [-0.1, -0.05) is 26.0 Å². The molecule has 0 bridgehead atoms. The highest BCUT2D eigenvalue weighted by Gasteiger charge is 2.36. The van der Waals surface area contributed by atoms with Crippen LogP contribution in [0.2, 0.25) is 0 Å². The first-order valence-corrected chi connectivity index (χ1v) is 9.17. The Morgan fingerprint density at radius 1 is 0.903 bits per heavy atom. The summed E-state index contributed by atoms with van der Waals surface area (Å²) in [5, 5.41) is 11.0. The molecule has 1 atom stereocenters. The summed E-state index contributed by atoms with van der Waals surface area (Å²) in [6.45, 7) is 3.60. The molecule has 0 fully saturated rings. The highest BCUT2D eigenvalue weighted by atomic mass is 19.4. The Morgan fingerprint density at radius 3 is 2.13 bits per heavy atom. The first-order valence-electron chi connectivity index (χ1n) is 9.17. The zero-order chi connectivity index (χ0) is 22.5. The third-order valence-corrected chi connectivity index (χ3v) is 4.49. The number of furan rings is 1. The number of rotatable bonds is 4. The monoisotopic (exact) mass is 432 g/mol. The Kier molecular flexibility index (Phi) is 6.50. The Bertz CT molecular complexity index is 1070. The van der Waals surface area contributed by atoms with Crippen molar-refractivity contribution in [3.05, 3.63) is 79.0 Å². The average molecular weight is 432 g/mol. The molecule has 162 valence electrons. The minimum atomic E-state index is -4.75. The molecule has 0 amide bonds. The lowest BCUT2D eigenvalue weighted by molar-refractivity contribution is -0.274. The fourth-order valence-corrected chi connectivity index (χ4v) is 2.95. The van der Waals surface area contributed by atoms with Crippen molar-refractivity contribution >= 4 is 11.1 Å². The van der Waals surface area contributed by atoms with E-state index in [1.807, 2.05) is 0 Å². The van der Waals surface area contributed by atoms with Crippen molar-refractivity contribution in [3.8, 4) is 5.75 Å². The number of hydrogen-bond donors (Lipinski definition) is 1. The SMILES string of the molecule is CC(C)C(O)(c1ccc(OC(F)(F)F)cc1)c1cncnc1.c1ncc2occc2n1. The summed E-state index contributed by atoms with van der Waals surface area (Å²) in [5.74, 6) is -0.584. The zero-order valence-corrected chi connectivity index (χ0v) is 16.6. The van der Waals surface area contributed by atoms with Crippen LogP contribution in [0.5, 0.6) is 5.75 Å². The first kappa shape index (κ1) is 22.2. The second-order valence-corrected chi connectivity index (χ2v) is 6.81. The van der Waals surface area contributed by atoms with Gasteiger partial charge in [0.15, 0.2) is 5.58 Å². The van der Waals surface area contributed by atoms with Crippen molar-refractivity contribution in [2.75, 3.05) is 0 Å². The number of hydrogen-bond acceptors (Lipinski definition) is 7. The molecule has 0 aliphatic carbocycles. The molecule has 4 rings (SSSR count). The number of nitrogens with zero attached hydrogens (tertiary/aromatic N) is 4. The number of benzene rings is 1. The minimum absolute atomic E-state index is 0.243. The van der Waals surface area contributed by atoms with Crippen LogP contribution in [-0.2, 0) is 5.60 Å². The van der Waals surface area contributed by atoms with Crippen molar-refractivity contribution in [3.63, 3.8) is 0 Å². The normalized spacial score (nSPS) is 13.4. The van der Waals surface area contributed by atoms with Crippen LogP contribution in [0.15, 0.2) is 72.3 Å². The molecule has 1 unspecified atom stereocenters. The summed E-state index contributed by atoms with van der Waals surface area (Å²) in [4.78, 5) is 15.5. The molecular formula is C21H19F3N4O3. The van der Waals surface area contributed by atoms with E-state index in [1.165, 1.54) is 49.3 Å². The van der Waals surface area contributed by atoms with Crippen LogP contribution in [-0.4, -0.2) is 31.4 Å². The molecule has 0 saturated carbocycles. The molecule has 0 aliphatic rings. The van der Waals surface area contributed by atoms with E-state index >= 15 is 0 Å². The largest absolute Gasteiger partial charge is 0.573 e. The maximum Gasteiger partial charge on any atom is 0.573 e. The molecule has 4 aromatic rings. The molecule has 0 spiro atoms. The van der Waals surface area contributed by atoms with E-state index in [1.54, 1.807) is 32.4 Å². The summed E-state index contributed by atoms with van der Waals surface area (Å²) in [6.07, 6.45) is 4.29. The second kappa shape index (κ2) is 9.09. The molecule has 31 heavy (non-hydrogen) atoms. The van der Waals surface area contributed by atoms with Gasteiger partial charge in [0.25, 0.3) is 0 Å². The predicted molar refractivity (Wildman–Crippen MR) is 105 cm³/mol. The summed E-state index contributed by atoms with van der Waals surface area (Å²) >= 11 is 0. The molecule has 0 radical (unpaired) electrons. The van der Waals surface area contributed by atoms with Gasteiger partial charge >= 0.3 is 6.36 Å². The maximum absolute atomic E-state index is 12.2. The summed E-state index contributed by atoms with van der Waals surface area (Å²) in [7, 11) is 0. The van der Waals surface area contributed by atoms with E-state index in [0.29, 0.717) is 11.1 Å². The smallest absolute Gasteiger partial charge is 0.461 e. The van der Waals surface area contributed by atoms with E-state index in [0.717, 1.165) is 11.1 Å². The standard InChI is InChI=1S/C15H15F3N2O2.C6H4N2O/c1-10(2)14(21,12-7-19-9-20-8-12)11-3-5-13(6-4-11)22-15(16,17)18;1-2-9-6-3-7-4-8-5(1)6/h3-10,21H,1-2H3;1-4H. The van der Waals surface area contributed by atoms with Crippen molar-refractivity contribution in [1.29, 1.82) is 0 Å². The third kappa shape index (κ3) is 5.34. The number of fused-ring (bicyclic) bond motifs is 1. The molecular weight excluding hydrogens is 413 g/mol. The summed E-state index contributed by atoms with van der Waals surface area (Å²) in [6, 6.07) is 6.93. The van der Waals surface area contributed by atoms with Gasteiger partial charge in [0, 0.05) is 24.0 Å². The van der Waals surface area contributed by atoms with Crippen molar-refractivity contribution in [2.45, 2.75) is 25.8 Å². The quantitative estimate of drug-likeness (QED) is 0.508. The van der Waals surface area contributed by atoms with Crippen LogP contribution < -0.4 is 4.74 Å². The van der Waals surface area contributed by atoms with Crippen molar-refractivity contribution in [1.82, 2.24) is 19.9 Å². The molecule has 3 aromatic heterocycles. The van der Waals surface area contributed by atoms with Crippen LogP contribution in [0.3, 0.4) is 0 Å². The number of aliphatic hydroxyl groups is 1. The van der Waals surface area contributed by atoms with Gasteiger partial charge in [-0.15, -0.1) is 13.2 Å². The molecule has 1 N–H and O–H groups in total. The van der Waals surface area contributed by atoms with E-state index in [9.17, 15) is 18.3 Å². The first-order chi connectivity index (χ1) is 14.7. The number of ether oxygens (including phenoxy) is 1. The Labute approximate surface area is 175 Å². The van der Waals surface area contributed by atoms with E-state index < -0.39 is 12.0 Å². The molecule has 10 heteroatoms. The lowest BCUT2D eigenvalue weighted by Crippen LogP contribution is -2.33. The van der Waals surface area contributed by atoms with Crippen LogP contribution in [0.4, 0.5) is 13.2 Å². The number of alkyl halides is 3. The number of aromatic nitrogens is 4. The van der Waals surface area contributed by atoms with Gasteiger partial charge in [-0.05, 0) is 23.6 Å². The van der Waals surface area contributed by atoms with Crippen molar-refractivity contribution in [2.24, 2.45) is 5.92 Å². The Morgan fingerprint density at radius 2 is 1.55 bits per heavy atom. The van der Waals surface area contributed by atoms with Gasteiger partial charge in [-0.2, -0.15) is 0 Å². The number of halogens is 3. The minimum Gasteiger partial charge on any atom is -0.461 e. The Hall–Kier alpha value is -3.53. The Balaban J connectivity index is 0.000000248. The van der Waals surface area contributed by atoms with Gasteiger partial charge in [0.1, 0.15) is 29.5 Å². The van der Waals surface area contributed by atoms with Gasteiger partial charge in [0.05, 0.1) is 12.5 Å². The lowest BCUT2D eigenvalue weighted by atomic mass is 9.79. The van der Waals surface area contributed by atoms with Gasteiger partial charge in [-0.25, -0.2) is 19.9 Å². The van der Waals surface area contributed by atoms with E-state index in [2.05, 4.69) is 24.7 Å². The predicted octanol–water partition coefficient (Wildman–Crippen LogP) is 4.49. The maximum atomic E-state index is 12.2.